The third-order valence-electron chi connectivity index (χ3n) is 5.45. The van der Waals surface area contributed by atoms with Crippen molar-refractivity contribution in [3.05, 3.63) is 43.3 Å². The van der Waals surface area contributed by atoms with Crippen LogP contribution in [-0.2, 0) is 16.1 Å². The van der Waals surface area contributed by atoms with Crippen molar-refractivity contribution in [2.45, 2.75) is 20.4 Å². The fourth-order valence-electron chi connectivity index (χ4n) is 3.51. The van der Waals surface area contributed by atoms with Gasteiger partial charge in [0.2, 0.25) is 0 Å². The molecule has 10 heteroatoms. The lowest BCUT2D eigenvalue weighted by atomic mass is 10.2. The number of ether oxygens (including phenoxy) is 2. The Bertz CT molecular complexity index is 1310. The Morgan fingerprint density at radius 2 is 2.14 bits per heavy atom. The molecule has 9 nitrogen and oxygen atoms in total. The molecule has 1 aromatic heterocycles. The number of nitrogens with one attached hydrogen (secondary N) is 2. The molecule has 0 unspecified atom stereocenters. The number of amides is 1. The predicted octanol–water partition coefficient (Wildman–Crippen LogP) is 0.223. The highest BCUT2D eigenvalue weighted by Crippen LogP contribution is 2.22. The van der Waals surface area contributed by atoms with Crippen LogP contribution in [0.2, 0.25) is 0 Å². The summed E-state index contributed by atoms with van der Waals surface area (Å²) in [6, 6.07) is 7.63. The van der Waals surface area contributed by atoms with E-state index in [-0.39, 0.29) is 17.7 Å². The molecule has 1 amide bonds. The SMILES string of the molecule is C#CCNC(=O)/C(C#N)=c1\s/c(=C/Nc2ccc(C)c(OCCN3CCOCC3)c2)c(=O)n1CC. The molecule has 0 saturated carbocycles. The highest BCUT2D eigenvalue weighted by atomic mass is 32.1. The summed E-state index contributed by atoms with van der Waals surface area (Å²) in [6.45, 7) is 8.79. The Balaban J connectivity index is 1.81. The molecule has 0 spiro atoms. The van der Waals surface area contributed by atoms with E-state index in [1.165, 1.54) is 4.57 Å². The lowest BCUT2D eigenvalue weighted by molar-refractivity contribution is -0.115. The largest absolute Gasteiger partial charge is 0.492 e. The quantitative estimate of drug-likeness (QED) is 0.479. The third kappa shape index (κ3) is 6.74. The van der Waals surface area contributed by atoms with E-state index >= 15 is 0 Å². The number of rotatable bonds is 9. The van der Waals surface area contributed by atoms with Crippen molar-refractivity contribution in [2.24, 2.45) is 0 Å². The van der Waals surface area contributed by atoms with Gasteiger partial charge in [-0.05, 0) is 25.5 Å². The maximum Gasteiger partial charge on any atom is 0.270 e. The van der Waals surface area contributed by atoms with Gasteiger partial charge in [-0.25, -0.2) is 0 Å². The number of aryl methyl sites for hydroxylation is 1. The van der Waals surface area contributed by atoms with Gasteiger partial charge in [-0.15, -0.1) is 17.8 Å². The molecule has 2 heterocycles. The van der Waals surface area contributed by atoms with Gasteiger partial charge >= 0.3 is 0 Å². The zero-order valence-electron chi connectivity index (χ0n) is 19.9. The number of carbonyl (C=O) groups excluding carboxylic acids is 1. The summed E-state index contributed by atoms with van der Waals surface area (Å²) in [7, 11) is 0. The Kier molecular flexibility index (Phi) is 9.50. The molecular formula is C25H29N5O4S. The topological polar surface area (TPSA) is 109 Å². The van der Waals surface area contributed by atoms with Gasteiger partial charge in [0, 0.05) is 44.1 Å². The van der Waals surface area contributed by atoms with E-state index in [4.69, 9.17) is 15.9 Å². The molecule has 1 saturated heterocycles. The number of aromatic nitrogens is 1. The number of terminal acetylenes is 1. The lowest BCUT2D eigenvalue weighted by Crippen LogP contribution is -2.38. The van der Waals surface area contributed by atoms with Crippen LogP contribution in [0, 0.1) is 30.6 Å². The number of morpholine rings is 1. The summed E-state index contributed by atoms with van der Waals surface area (Å²) in [4.78, 5) is 27.5. The van der Waals surface area contributed by atoms with Crippen LogP contribution in [0.4, 0.5) is 5.69 Å². The zero-order valence-corrected chi connectivity index (χ0v) is 20.7. The van der Waals surface area contributed by atoms with Crippen molar-refractivity contribution in [3.63, 3.8) is 0 Å². The number of hydrogen-bond acceptors (Lipinski definition) is 8. The van der Waals surface area contributed by atoms with Crippen molar-refractivity contribution in [2.75, 3.05) is 51.3 Å². The van der Waals surface area contributed by atoms with E-state index in [0.717, 1.165) is 61.2 Å². The number of benzene rings is 1. The Morgan fingerprint density at radius 1 is 1.37 bits per heavy atom. The normalized spacial score (nSPS) is 15.1. The Hall–Kier alpha value is -3.57. The fourth-order valence-corrected chi connectivity index (χ4v) is 4.60. The van der Waals surface area contributed by atoms with Gasteiger partial charge in [0.1, 0.15) is 27.6 Å². The average molecular weight is 496 g/mol. The van der Waals surface area contributed by atoms with Crippen molar-refractivity contribution in [1.29, 1.82) is 5.26 Å². The van der Waals surface area contributed by atoms with Gasteiger partial charge in [0.05, 0.1) is 19.8 Å². The van der Waals surface area contributed by atoms with E-state index < -0.39 is 5.91 Å². The maximum absolute atomic E-state index is 12.9. The molecule has 0 atom stereocenters. The van der Waals surface area contributed by atoms with Crippen molar-refractivity contribution >= 4 is 34.7 Å². The molecule has 1 aliphatic rings. The molecule has 1 aromatic carbocycles. The van der Waals surface area contributed by atoms with Crippen molar-refractivity contribution in [3.8, 4) is 24.2 Å². The predicted molar refractivity (Wildman–Crippen MR) is 136 cm³/mol. The lowest BCUT2D eigenvalue weighted by Gasteiger charge is -2.26. The average Bonchev–Trinajstić information content (AvgIpc) is 3.18. The summed E-state index contributed by atoms with van der Waals surface area (Å²) in [5.41, 5.74) is 1.34. The van der Waals surface area contributed by atoms with Crippen molar-refractivity contribution < 1.29 is 14.3 Å². The maximum atomic E-state index is 12.9. The molecule has 2 N–H and O–H groups in total. The van der Waals surface area contributed by atoms with Crippen LogP contribution in [0.25, 0.3) is 11.8 Å². The highest BCUT2D eigenvalue weighted by molar-refractivity contribution is 7.07. The first-order valence-corrected chi connectivity index (χ1v) is 12.2. The van der Waals surface area contributed by atoms with Gasteiger partial charge < -0.3 is 20.1 Å². The highest BCUT2D eigenvalue weighted by Gasteiger charge is 2.15. The second-order valence-corrected chi connectivity index (χ2v) is 8.80. The van der Waals surface area contributed by atoms with Gasteiger partial charge in [-0.1, -0.05) is 12.0 Å². The summed E-state index contributed by atoms with van der Waals surface area (Å²) in [6.07, 6.45) is 6.76. The summed E-state index contributed by atoms with van der Waals surface area (Å²) in [5, 5.41) is 15.1. The molecule has 0 bridgehead atoms. The van der Waals surface area contributed by atoms with Crippen LogP contribution in [0.1, 0.15) is 12.5 Å². The van der Waals surface area contributed by atoms with Gasteiger partial charge in [0.25, 0.3) is 11.5 Å². The number of nitrogens with zero attached hydrogens (tertiary/aromatic N) is 3. The zero-order chi connectivity index (χ0) is 25.2. The van der Waals surface area contributed by atoms with Crippen LogP contribution in [0.3, 0.4) is 0 Å². The van der Waals surface area contributed by atoms with Crippen LogP contribution in [-0.4, -0.2) is 61.4 Å². The molecule has 184 valence electrons. The second-order valence-electron chi connectivity index (χ2n) is 7.77. The molecule has 2 aromatic rings. The molecule has 0 aliphatic carbocycles. The fraction of sp³-hybridized carbons (Fsp3) is 0.400. The van der Waals surface area contributed by atoms with Crippen LogP contribution in [0.5, 0.6) is 5.75 Å². The number of carbonyl (C=O) groups is 1. The first kappa shape index (κ1) is 26.0. The van der Waals surface area contributed by atoms with Crippen molar-refractivity contribution in [1.82, 2.24) is 14.8 Å². The molecule has 35 heavy (non-hydrogen) atoms. The number of nitriles is 1. The van der Waals surface area contributed by atoms with E-state index in [1.54, 1.807) is 13.1 Å². The summed E-state index contributed by atoms with van der Waals surface area (Å²) < 4.78 is 13.4. The van der Waals surface area contributed by atoms with Crippen LogP contribution < -0.4 is 30.1 Å². The number of thiazole rings is 1. The van der Waals surface area contributed by atoms with E-state index in [2.05, 4.69) is 21.5 Å². The first-order valence-electron chi connectivity index (χ1n) is 11.3. The number of anilines is 1. The molecular weight excluding hydrogens is 466 g/mol. The Labute approximate surface area is 208 Å². The Morgan fingerprint density at radius 3 is 2.83 bits per heavy atom. The second kappa shape index (κ2) is 12.8. The molecule has 0 radical (unpaired) electrons. The standard InChI is InChI=1S/C25H29N5O4S/c1-4-8-27-23(31)20(16-26)25-30(5-2)24(32)22(35-25)17-28-19-7-6-18(3)21(15-19)34-14-11-29-9-12-33-13-10-29/h1,6-7,15,17,28H,5,8-14H2,2-3H3,(H,27,31)/b22-17+,25-20-. The van der Waals surface area contributed by atoms with Gasteiger partial charge in [-0.3, -0.25) is 19.1 Å². The van der Waals surface area contributed by atoms with Crippen LogP contribution in [0.15, 0.2) is 23.0 Å². The molecule has 1 fully saturated rings. The van der Waals surface area contributed by atoms with E-state index in [0.29, 0.717) is 22.3 Å². The smallest absolute Gasteiger partial charge is 0.270 e. The minimum Gasteiger partial charge on any atom is -0.492 e. The molecule has 3 rings (SSSR count). The first-order chi connectivity index (χ1) is 17.0. The summed E-state index contributed by atoms with van der Waals surface area (Å²) in [5.74, 6) is 2.45. The number of hydrogen-bond donors (Lipinski definition) is 2. The van der Waals surface area contributed by atoms with Gasteiger partial charge in [0.15, 0.2) is 5.57 Å². The monoisotopic (exact) mass is 495 g/mol. The minimum absolute atomic E-state index is 0.00341. The summed E-state index contributed by atoms with van der Waals surface area (Å²) >= 11 is 1.07. The van der Waals surface area contributed by atoms with E-state index in [1.807, 2.05) is 31.2 Å². The minimum atomic E-state index is -0.606. The van der Waals surface area contributed by atoms with E-state index in [9.17, 15) is 14.9 Å². The molecule has 1 aliphatic heterocycles. The van der Waals surface area contributed by atoms with Gasteiger partial charge in [-0.2, -0.15) is 5.26 Å². The third-order valence-corrected chi connectivity index (χ3v) is 6.58. The van der Waals surface area contributed by atoms with Crippen LogP contribution >= 0.6 is 11.3 Å².